The molecule has 0 aliphatic carbocycles. The van der Waals surface area contributed by atoms with Crippen LogP contribution >= 0.6 is 0 Å². The van der Waals surface area contributed by atoms with E-state index in [9.17, 15) is 4.39 Å². The Hall–Kier alpha value is -1.68. The van der Waals surface area contributed by atoms with Crippen LogP contribution in [0.25, 0.3) is 0 Å². The molecule has 0 saturated carbocycles. The molecule has 0 aliphatic rings. The Balaban J connectivity index is 2.26. The van der Waals surface area contributed by atoms with Crippen molar-refractivity contribution >= 4 is 0 Å². The van der Waals surface area contributed by atoms with Crippen molar-refractivity contribution in [1.82, 2.24) is 15.1 Å². The van der Waals surface area contributed by atoms with Gasteiger partial charge < -0.3 is 5.32 Å². The van der Waals surface area contributed by atoms with Crippen LogP contribution in [-0.4, -0.2) is 22.9 Å². The first-order valence-electron chi connectivity index (χ1n) is 7.64. The Morgan fingerprint density at radius 3 is 2.71 bits per heavy atom. The minimum atomic E-state index is -0.125. The minimum absolute atomic E-state index is 0.118. The topological polar surface area (TPSA) is 29.9 Å². The van der Waals surface area contributed by atoms with Gasteiger partial charge in [0.15, 0.2) is 0 Å². The number of aromatic nitrogens is 2. The summed E-state index contributed by atoms with van der Waals surface area (Å²) in [6.07, 6.45) is 0.794. The van der Waals surface area contributed by atoms with Gasteiger partial charge in [0.25, 0.3) is 0 Å². The summed E-state index contributed by atoms with van der Waals surface area (Å²) in [6, 6.07) is 9.17. The zero-order valence-electron chi connectivity index (χ0n) is 13.1. The van der Waals surface area contributed by atoms with Crippen LogP contribution in [0.1, 0.15) is 36.7 Å². The molecule has 0 radical (unpaired) electrons. The van der Waals surface area contributed by atoms with Gasteiger partial charge in [-0.2, -0.15) is 5.10 Å². The average Bonchev–Trinajstić information content (AvgIpc) is 2.84. The number of hydrogen-bond acceptors (Lipinski definition) is 2. The Labute approximate surface area is 126 Å². The fourth-order valence-electron chi connectivity index (χ4n) is 2.71. The molecule has 3 nitrogen and oxygen atoms in total. The van der Waals surface area contributed by atoms with Crippen LogP contribution in [0.2, 0.25) is 0 Å². The molecule has 1 aromatic carbocycles. The van der Waals surface area contributed by atoms with Gasteiger partial charge in [-0.15, -0.1) is 0 Å². The van der Waals surface area contributed by atoms with Crippen LogP contribution in [0.4, 0.5) is 4.39 Å². The molecule has 0 aliphatic heterocycles. The molecular weight excluding hydrogens is 265 g/mol. The Bertz CT molecular complexity index is 577. The number of rotatable bonds is 7. The second-order valence-corrected chi connectivity index (χ2v) is 5.32. The molecule has 1 unspecified atom stereocenters. The highest BCUT2D eigenvalue weighted by Gasteiger charge is 2.18. The summed E-state index contributed by atoms with van der Waals surface area (Å²) in [6.45, 7) is 8.64. The second kappa shape index (κ2) is 7.36. The third kappa shape index (κ3) is 3.91. The van der Waals surface area contributed by atoms with Gasteiger partial charge >= 0.3 is 0 Å². The van der Waals surface area contributed by atoms with Gasteiger partial charge in [0.05, 0.1) is 5.69 Å². The lowest BCUT2D eigenvalue weighted by Gasteiger charge is -2.19. The van der Waals surface area contributed by atoms with E-state index in [0.29, 0.717) is 0 Å². The maximum Gasteiger partial charge on any atom is 0.126 e. The van der Waals surface area contributed by atoms with Crippen molar-refractivity contribution in [3.63, 3.8) is 0 Å². The second-order valence-electron chi connectivity index (χ2n) is 5.32. The van der Waals surface area contributed by atoms with Crippen LogP contribution in [-0.2, 0) is 13.0 Å². The zero-order chi connectivity index (χ0) is 15.2. The van der Waals surface area contributed by atoms with E-state index in [2.05, 4.69) is 30.3 Å². The average molecular weight is 289 g/mol. The molecule has 1 heterocycles. The Morgan fingerprint density at radius 1 is 1.29 bits per heavy atom. The lowest BCUT2D eigenvalue weighted by Crippen LogP contribution is -2.24. The fourth-order valence-corrected chi connectivity index (χ4v) is 2.71. The van der Waals surface area contributed by atoms with Crippen molar-refractivity contribution in [1.29, 1.82) is 0 Å². The van der Waals surface area contributed by atoms with Gasteiger partial charge in [-0.05, 0) is 44.5 Å². The smallest absolute Gasteiger partial charge is 0.126 e. The standard InChI is InChI=1S/C17H24FN3/c1-4-19-12-14(16-8-6-7-9-17(16)18)11-15-10-13(3)20-21(15)5-2/h6-10,14,19H,4-5,11-12H2,1-3H3. The van der Waals surface area contributed by atoms with Crippen molar-refractivity contribution in [3.8, 4) is 0 Å². The van der Waals surface area contributed by atoms with Crippen molar-refractivity contribution in [2.24, 2.45) is 0 Å². The summed E-state index contributed by atoms with van der Waals surface area (Å²) in [5.74, 6) is -0.00719. The van der Waals surface area contributed by atoms with Gasteiger partial charge in [0.1, 0.15) is 5.82 Å². The maximum atomic E-state index is 14.1. The highest BCUT2D eigenvalue weighted by molar-refractivity contribution is 5.24. The van der Waals surface area contributed by atoms with Gasteiger partial charge in [0, 0.05) is 24.7 Å². The fraction of sp³-hybridized carbons (Fsp3) is 0.471. The number of nitrogens with one attached hydrogen (secondary N) is 1. The normalized spacial score (nSPS) is 12.6. The summed E-state index contributed by atoms with van der Waals surface area (Å²) in [4.78, 5) is 0. The molecule has 0 bridgehead atoms. The summed E-state index contributed by atoms with van der Waals surface area (Å²) >= 11 is 0. The first-order valence-corrected chi connectivity index (χ1v) is 7.64. The van der Waals surface area contributed by atoms with Gasteiger partial charge in [-0.1, -0.05) is 25.1 Å². The van der Waals surface area contributed by atoms with Crippen LogP contribution in [0.3, 0.4) is 0 Å². The molecule has 114 valence electrons. The van der Waals surface area contributed by atoms with E-state index < -0.39 is 0 Å². The SMILES string of the molecule is CCNCC(Cc1cc(C)nn1CC)c1ccccc1F. The van der Waals surface area contributed by atoms with Gasteiger partial charge in [-0.25, -0.2) is 4.39 Å². The van der Waals surface area contributed by atoms with E-state index in [1.807, 2.05) is 23.7 Å². The number of halogens is 1. The summed E-state index contributed by atoms with van der Waals surface area (Å²) in [5.41, 5.74) is 2.96. The Morgan fingerprint density at radius 2 is 2.05 bits per heavy atom. The predicted molar refractivity (Wildman–Crippen MR) is 84.0 cm³/mol. The largest absolute Gasteiger partial charge is 0.316 e. The Kier molecular flexibility index (Phi) is 5.51. The first kappa shape index (κ1) is 15.7. The van der Waals surface area contributed by atoms with E-state index >= 15 is 0 Å². The van der Waals surface area contributed by atoms with Crippen LogP contribution in [0, 0.1) is 12.7 Å². The third-order valence-electron chi connectivity index (χ3n) is 3.73. The van der Waals surface area contributed by atoms with E-state index in [4.69, 9.17) is 0 Å². The summed E-state index contributed by atoms with van der Waals surface area (Å²) in [5, 5.41) is 7.82. The quantitative estimate of drug-likeness (QED) is 0.847. The molecule has 0 saturated heterocycles. The van der Waals surface area contributed by atoms with Crippen molar-refractivity contribution in [2.75, 3.05) is 13.1 Å². The molecule has 2 rings (SSSR count). The van der Waals surface area contributed by atoms with Crippen molar-refractivity contribution < 1.29 is 4.39 Å². The summed E-state index contributed by atoms with van der Waals surface area (Å²) in [7, 11) is 0. The lowest BCUT2D eigenvalue weighted by molar-refractivity contribution is 0.523. The molecule has 4 heteroatoms. The highest BCUT2D eigenvalue weighted by atomic mass is 19.1. The van der Waals surface area contributed by atoms with Gasteiger partial charge in [-0.3, -0.25) is 4.68 Å². The monoisotopic (exact) mass is 289 g/mol. The molecular formula is C17H24FN3. The zero-order valence-corrected chi connectivity index (χ0v) is 13.1. The number of likely N-dealkylation sites (N-methyl/N-ethyl adjacent to an activating group) is 1. The third-order valence-corrected chi connectivity index (χ3v) is 3.73. The first-order chi connectivity index (χ1) is 10.2. The van der Waals surface area contributed by atoms with Crippen LogP contribution in [0.5, 0.6) is 0 Å². The van der Waals surface area contributed by atoms with Crippen molar-refractivity contribution in [2.45, 2.75) is 39.7 Å². The maximum absolute atomic E-state index is 14.1. The van der Waals surface area contributed by atoms with E-state index in [1.54, 1.807) is 6.07 Å². The number of hydrogen-bond donors (Lipinski definition) is 1. The van der Waals surface area contributed by atoms with E-state index in [1.165, 1.54) is 11.8 Å². The van der Waals surface area contributed by atoms with Gasteiger partial charge in [0.2, 0.25) is 0 Å². The molecule has 1 N–H and O–H groups in total. The predicted octanol–water partition coefficient (Wildman–Crippen LogP) is 3.29. The number of nitrogens with zero attached hydrogens (tertiary/aromatic N) is 2. The molecule has 1 aromatic heterocycles. The molecule has 21 heavy (non-hydrogen) atoms. The molecule has 0 amide bonds. The lowest BCUT2D eigenvalue weighted by atomic mass is 9.93. The molecule has 0 spiro atoms. The summed E-state index contributed by atoms with van der Waals surface area (Å²) < 4.78 is 16.1. The molecule has 2 aromatic rings. The number of benzene rings is 1. The highest BCUT2D eigenvalue weighted by Crippen LogP contribution is 2.23. The van der Waals surface area contributed by atoms with E-state index in [0.717, 1.165) is 37.3 Å². The molecule has 0 fully saturated rings. The van der Waals surface area contributed by atoms with Crippen LogP contribution in [0.15, 0.2) is 30.3 Å². The number of aryl methyl sites for hydroxylation is 2. The minimum Gasteiger partial charge on any atom is -0.316 e. The molecule has 1 atom stereocenters. The van der Waals surface area contributed by atoms with E-state index in [-0.39, 0.29) is 11.7 Å². The van der Waals surface area contributed by atoms with Crippen molar-refractivity contribution in [3.05, 3.63) is 53.1 Å². The van der Waals surface area contributed by atoms with Crippen LogP contribution < -0.4 is 5.32 Å².